The van der Waals surface area contributed by atoms with Gasteiger partial charge in [-0.2, -0.15) is 8.78 Å². The molecule has 3 fully saturated rings. The smallest absolute Gasteiger partial charge is 0.314 e. The van der Waals surface area contributed by atoms with Gasteiger partial charge >= 0.3 is 6.43 Å². The molecule has 0 unspecified atom stereocenters. The Hall–Kier alpha value is -3.38. The van der Waals surface area contributed by atoms with Crippen molar-refractivity contribution < 1.29 is 26.8 Å². The highest BCUT2D eigenvalue weighted by Gasteiger charge is 2.55. The first kappa shape index (κ1) is 26.8. The molecule has 40 heavy (non-hydrogen) atoms. The van der Waals surface area contributed by atoms with Crippen LogP contribution in [0.25, 0.3) is 11.5 Å². The lowest BCUT2D eigenvalue weighted by atomic mass is 9.87. The number of amides is 1. The van der Waals surface area contributed by atoms with Gasteiger partial charge in [-0.15, -0.1) is 10.2 Å². The Bertz CT molecular complexity index is 1330. The van der Waals surface area contributed by atoms with E-state index in [2.05, 4.69) is 20.1 Å². The van der Waals surface area contributed by atoms with Gasteiger partial charge in [0.15, 0.2) is 0 Å². The summed E-state index contributed by atoms with van der Waals surface area (Å²) >= 11 is 0. The van der Waals surface area contributed by atoms with Crippen molar-refractivity contribution in [3.05, 3.63) is 60.0 Å². The lowest BCUT2D eigenvalue weighted by molar-refractivity contribution is -0.152. The van der Waals surface area contributed by atoms with Gasteiger partial charge in [-0.1, -0.05) is 25.3 Å². The third-order valence-electron chi connectivity index (χ3n) is 8.17. The van der Waals surface area contributed by atoms with Gasteiger partial charge in [0, 0.05) is 50.1 Å². The standard InChI is InChI=1S/C28H30F4N6O2/c29-19-5-4-8-22(11-19)38(13-20-10-9-18(12-33-20)25-34-35-26(40-25)24(30)31)27(39)28(32)16-37(17-28)23-14-36(15-23)21-6-2-1-3-7-21/h4-5,8-12,21,23-24H,1-3,6-7,13-17H2. The number of carbonyl (C=O) groups excluding carboxylic acids is 1. The molecule has 1 aromatic carbocycles. The fraction of sp³-hybridized carbons (Fsp3) is 0.500. The highest BCUT2D eigenvalue weighted by atomic mass is 19.3. The van der Waals surface area contributed by atoms with Crippen LogP contribution in [0.1, 0.15) is 50.1 Å². The monoisotopic (exact) mass is 558 g/mol. The zero-order valence-electron chi connectivity index (χ0n) is 21.9. The first-order chi connectivity index (χ1) is 19.3. The third-order valence-corrected chi connectivity index (χ3v) is 8.17. The van der Waals surface area contributed by atoms with E-state index >= 15 is 4.39 Å². The van der Waals surface area contributed by atoms with E-state index in [9.17, 15) is 18.0 Å². The molecule has 0 radical (unpaired) electrons. The number of carbonyl (C=O) groups is 1. The second-order valence-electron chi connectivity index (χ2n) is 10.9. The van der Waals surface area contributed by atoms with E-state index in [0.29, 0.717) is 17.3 Å². The van der Waals surface area contributed by atoms with Crippen LogP contribution in [0.5, 0.6) is 0 Å². The maximum Gasteiger partial charge on any atom is 0.314 e. The number of benzene rings is 1. The maximum atomic E-state index is 16.0. The van der Waals surface area contributed by atoms with Crippen LogP contribution in [0.2, 0.25) is 0 Å². The van der Waals surface area contributed by atoms with Crippen LogP contribution >= 0.6 is 0 Å². The molecule has 2 saturated heterocycles. The Morgan fingerprint density at radius 3 is 2.48 bits per heavy atom. The molecule has 1 aliphatic carbocycles. The first-order valence-electron chi connectivity index (χ1n) is 13.6. The molecule has 1 amide bonds. The van der Waals surface area contributed by atoms with E-state index in [1.165, 1.54) is 67.5 Å². The van der Waals surface area contributed by atoms with Gasteiger partial charge in [-0.25, -0.2) is 8.78 Å². The summed E-state index contributed by atoms with van der Waals surface area (Å²) in [5.41, 5.74) is -1.17. The number of pyridine rings is 1. The fourth-order valence-corrected chi connectivity index (χ4v) is 5.87. The molecule has 2 aliphatic heterocycles. The minimum absolute atomic E-state index is 0.00315. The van der Waals surface area contributed by atoms with Crippen molar-refractivity contribution in [3.8, 4) is 11.5 Å². The lowest BCUT2D eigenvalue weighted by Gasteiger charge is -2.56. The SMILES string of the molecule is O=C(N(Cc1ccc(-c2nnc(C(F)F)o2)cn1)c1cccc(F)c1)C1(F)CN(C2CN(C3CCCCC3)C2)C1. The summed E-state index contributed by atoms with van der Waals surface area (Å²) in [6.45, 7) is 1.68. The van der Waals surface area contributed by atoms with Gasteiger partial charge in [-0.3, -0.25) is 19.6 Å². The number of halogens is 4. The van der Waals surface area contributed by atoms with Crippen molar-refractivity contribution >= 4 is 11.6 Å². The highest BCUT2D eigenvalue weighted by molar-refractivity contribution is 6.00. The maximum absolute atomic E-state index is 16.0. The molecule has 212 valence electrons. The van der Waals surface area contributed by atoms with Gasteiger partial charge in [0.25, 0.3) is 11.8 Å². The van der Waals surface area contributed by atoms with Gasteiger partial charge in [0.05, 0.1) is 17.8 Å². The Morgan fingerprint density at radius 2 is 1.82 bits per heavy atom. The Morgan fingerprint density at radius 1 is 1.05 bits per heavy atom. The second kappa shape index (κ2) is 10.9. The molecule has 0 spiro atoms. The van der Waals surface area contributed by atoms with E-state index in [-0.39, 0.29) is 37.3 Å². The van der Waals surface area contributed by atoms with Gasteiger partial charge < -0.3 is 9.32 Å². The Labute approximate surface area is 229 Å². The number of hydrogen-bond donors (Lipinski definition) is 0. The molecule has 3 aliphatic rings. The molecule has 12 heteroatoms. The van der Waals surface area contributed by atoms with Crippen LogP contribution in [-0.2, 0) is 11.3 Å². The minimum atomic E-state index is -2.89. The number of aromatic nitrogens is 3. The van der Waals surface area contributed by atoms with Crippen molar-refractivity contribution in [1.82, 2.24) is 25.0 Å². The van der Waals surface area contributed by atoms with Gasteiger partial charge in [-0.05, 0) is 43.2 Å². The summed E-state index contributed by atoms with van der Waals surface area (Å²) in [6.07, 6.45) is 4.73. The molecule has 0 bridgehead atoms. The van der Waals surface area contributed by atoms with Crippen molar-refractivity contribution in [2.45, 2.75) is 62.8 Å². The van der Waals surface area contributed by atoms with E-state index in [1.807, 2.05) is 4.90 Å². The zero-order chi connectivity index (χ0) is 27.9. The molecule has 1 saturated carbocycles. The van der Waals surface area contributed by atoms with E-state index < -0.39 is 29.7 Å². The minimum Gasteiger partial charge on any atom is -0.415 e. The summed E-state index contributed by atoms with van der Waals surface area (Å²) < 4.78 is 60.6. The molecule has 3 aromatic rings. The summed E-state index contributed by atoms with van der Waals surface area (Å²) in [4.78, 5) is 23.5. The van der Waals surface area contributed by atoms with Crippen LogP contribution in [0, 0.1) is 5.82 Å². The molecule has 8 nitrogen and oxygen atoms in total. The van der Waals surface area contributed by atoms with Crippen LogP contribution in [0.15, 0.2) is 47.0 Å². The number of anilines is 1. The van der Waals surface area contributed by atoms with E-state index in [4.69, 9.17) is 4.42 Å². The molecule has 6 rings (SSSR count). The summed E-state index contributed by atoms with van der Waals surface area (Å²) in [7, 11) is 0. The summed E-state index contributed by atoms with van der Waals surface area (Å²) in [5, 5.41) is 6.90. The van der Waals surface area contributed by atoms with Gasteiger partial charge in [0.2, 0.25) is 11.6 Å². The molecular weight excluding hydrogens is 528 g/mol. The van der Waals surface area contributed by atoms with Crippen molar-refractivity contribution in [3.63, 3.8) is 0 Å². The first-order valence-corrected chi connectivity index (χ1v) is 13.6. The number of likely N-dealkylation sites (tertiary alicyclic amines) is 2. The van der Waals surface area contributed by atoms with Crippen LogP contribution in [0.4, 0.5) is 23.2 Å². The topological polar surface area (TPSA) is 78.6 Å². The van der Waals surface area contributed by atoms with Crippen molar-refractivity contribution in [1.29, 1.82) is 0 Å². The third kappa shape index (κ3) is 5.34. The van der Waals surface area contributed by atoms with Gasteiger partial charge in [0.1, 0.15) is 5.82 Å². The predicted octanol–water partition coefficient (Wildman–Crippen LogP) is 4.78. The van der Waals surface area contributed by atoms with Crippen molar-refractivity contribution in [2.75, 3.05) is 31.1 Å². The normalized spacial score (nSPS) is 20.3. The largest absolute Gasteiger partial charge is 0.415 e. The molecule has 0 N–H and O–H groups in total. The predicted molar refractivity (Wildman–Crippen MR) is 138 cm³/mol. The number of nitrogens with zero attached hydrogens (tertiary/aromatic N) is 6. The number of hydrogen-bond acceptors (Lipinski definition) is 7. The van der Waals surface area contributed by atoms with Crippen molar-refractivity contribution in [2.24, 2.45) is 0 Å². The molecule has 4 heterocycles. The average molecular weight is 559 g/mol. The van der Waals surface area contributed by atoms with Crippen LogP contribution in [0.3, 0.4) is 0 Å². The second-order valence-corrected chi connectivity index (χ2v) is 10.9. The zero-order valence-corrected chi connectivity index (χ0v) is 21.9. The van der Waals surface area contributed by atoms with Crippen LogP contribution in [-0.4, -0.2) is 74.8 Å². The fourth-order valence-electron chi connectivity index (χ4n) is 5.87. The Kier molecular flexibility index (Phi) is 7.30. The van der Waals surface area contributed by atoms with Crippen LogP contribution < -0.4 is 4.90 Å². The Balaban J connectivity index is 1.13. The number of rotatable bonds is 8. The molecular formula is C28H30F4N6O2. The average Bonchev–Trinajstić information content (AvgIpc) is 3.41. The number of alkyl halides is 3. The highest BCUT2D eigenvalue weighted by Crippen LogP contribution is 2.36. The summed E-state index contributed by atoms with van der Waals surface area (Å²) in [5.74, 6) is -2.22. The van der Waals surface area contributed by atoms with E-state index in [0.717, 1.165) is 13.1 Å². The quantitative estimate of drug-likeness (QED) is 0.368. The molecule has 2 aromatic heterocycles. The summed E-state index contributed by atoms with van der Waals surface area (Å²) in [6, 6.07) is 9.39. The lowest BCUT2D eigenvalue weighted by Crippen LogP contribution is -2.74. The van der Waals surface area contributed by atoms with E-state index in [1.54, 1.807) is 12.1 Å². The molecule has 0 atom stereocenters.